The Bertz CT molecular complexity index is 541. The van der Waals surface area contributed by atoms with E-state index in [1.165, 1.54) is 0 Å². The summed E-state index contributed by atoms with van der Waals surface area (Å²) in [6.45, 7) is -0.878. The Kier molecular flexibility index (Phi) is 10.3. The standard InChI is InChI=1S/C9H9O8P.2Na/c10-8(11)4-17-6-1-5(9(12)13)2-7(3-6)18(14,15)16;;/h1-3H,4H2,(H,10,11)(H,12,13)(H2,14,15,16);;/q;2*+1/p-2. The topological polar surface area (TPSA) is 147 Å². The molecule has 0 aliphatic heterocycles. The van der Waals surface area contributed by atoms with Gasteiger partial charge < -0.3 is 34.3 Å². The van der Waals surface area contributed by atoms with Crippen molar-refractivity contribution >= 4 is 24.8 Å². The van der Waals surface area contributed by atoms with Crippen molar-refractivity contribution in [1.82, 2.24) is 0 Å². The molecule has 0 radical (unpaired) electrons. The van der Waals surface area contributed by atoms with E-state index in [2.05, 4.69) is 4.74 Å². The van der Waals surface area contributed by atoms with Gasteiger partial charge in [-0.3, -0.25) is 4.57 Å². The van der Waals surface area contributed by atoms with Crippen LogP contribution >= 0.6 is 7.60 Å². The zero-order valence-corrected chi connectivity index (χ0v) is 15.6. The van der Waals surface area contributed by atoms with Gasteiger partial charge in [-0.2, -0.15) is 0 Å². The molecule has 0 amide bonds. The number of carbonyl (C=O) groups excluding carboxylic acids is 2. The molecule has 98 valence electrons. The third-order valence-corrected chi connectivity index (χ3v) is 2.75. The van der Waals surface area contributed by atoms with Gasteiger partial charge in [0, 0.05) is 5.56 Å². The van der Waals surface area contributed by atoms with Gasteiger partial charge in [0.15, 0.2) is 0 Å². The first-order chi connectivity index (χ1) is 8.20. The smallest absolute Gasteiger partial charge is 0.546 e. The number of carboxylic acid groups (broad SMARTS) is 2. The number of ether oxygens (including phenoxy) is 1. The molecule has 20 heavy (non-hydrogen) atoms. The van der Waals surface area contributed by atoms with Crippen molar-refractivity contribution in [3.05, 3.63) is 23.8 Å². The average molecular weight is 320 g/mol. The van der Waals surface area contributed by atoms with E-state index in [1.807, 2.05) is 0 Å². The van der Waals surface area contributed by atoms with Gasteiger partial charge in [-0.05, 0) is 18.2 Å². The van der Waals surface area contributed by atoms with E-state index in [0.29, 0.717) is 0 Å². The minimum atomic E-state index is -4.69. The van der Waals surface area contributed by atoms with Gasteiger partial charge in [0.1, 0.15) is 12.4 Å². The Balaban J connectivity index is 0. The summed E-state index contributed by atoms with van der Waals surface area (Å²) in [6, 6.07) is 2.45. The van der Waals surface area contributed by atoms with Crippen molar-refractivity contribution in [2.24, 2.45) is 0 Å². The number of aliphatic carboxylic acids is 1. The Morgan fingerprint density at radius 2 is 1.70 bits per heavy atom. The number of carboxylic acids is 2. The summed E-state index contributed by atoms with van der Waals surface area (Å²) in [5, 5.41) is 20.2. The van der Waals surface area contributed by atoms with Gasteiger partial charge in [-0.25, -0.2) is 0 Å². The maximum Gasteiger partial charge on any atom is 1.00 e. The zero-order valence-electron chi connectivity index (χ0n) is 10.7. The summed E-state index contributed by atoms with van der Waals surface area (Å²) in [7, 11) is -4.69. The Morgan fingerprint density at radius 3 is 2.10 bits per heavy atom. The van der Waals surface area contributed by atoms with Crippen LogP contribution in [-0.2, 0) is 9.36 Å². The predicted octanol–water partition coefficient (Wildman–Crippen LogP) is -9.01. The number of carbonyl (C=O) groups is 2. The normalized spacial score (nSPS) is 9.90. The largest absolute Gasteiger partial charge is 1.00 e. The Hall–Kier alpha value is 0.110. The maximum atomic E-state index is 11.0. The molecule has 0 saturated carbocycles. The summed E-state index contributed by atoms with van der Waals surface area (Å²) in [5.74, 6) is -3.56. The van der Waals surface area contributed by atoms with E-state index < -0.39 is 37.0 Å². The van der Waals surface area contributed by atoms with E-state index in [-0.39, 0.29) is 64.9 Å². The zero-order chi connectivity index (χ0) is 13.9. The molecule has 0 unspecified atom stereocenters. The molecule has 11 heteroatoms. The molecule has 0 heterocycles. The molecule has 0 spiro atoms. The van der Waals surface area contributed by atoms with Crippen molar-refractivity contribution < 1.29 is 98.0 Å². The molecule has 8 nitrogen and oxygen atoms in total. The van der Waals surface area contributed by atoms with Crippen molar-refractivity contribution in [3.8, 4) is 5.75 Å². The third-order valence-electron chi connectivity index (χ3n) is 1.82. The van der Waals surface area contributed by atoms with E-state index in [1.54, 1.807) is 0 Å². The molecule has 0 aliphatic carbocycles. The maximum absolute atomic E-state index is 11.0. The van der Waals surface area contributed by atoms with Gasteiger partial charge in [0.2, 0.25) is 0 Å². The van der Waals surface area contributed by atoms with Crippen LogP contribution in [0.15, 0.2) is 18.2 Å². The number of hydrogen-bond acceptors (Lipinski definition) is 6. The van der Waals surface area contributed by atoms with Crippen LogP contribution in [0.1, 0.15) is 10.4 Å². The fraction of sp³-hybridized carbons (Fsp3) is 0.111. The first kappa shape index (κ1) is 22.4. The molecule has 2 N–H and O–H groups in total. The number of benzene rings is 1. The second-order valence-corrected chi connectivity index (χ2v) is 4.81. The first-order valence-electron chi connectivity index (χ1n) is 4.45. The average Bonchev–Trinajstić information content (AvgIpc) is 2.24. The fourth-order valence-electron chi connectivity index (χ4n) is 1.09. The summed E-state index contributed by atoms with van der Waals surface area (Å²) in [4.78, 5) is 38.6. The minimum Gasteiger partial charge on any atom is -0.546 e. The molecule has 0 aliphatic rings. The SMILES string of the molecule is O=C([O-])COc1cc(C(=O)[O-])cc(P(=O)(O)O)c1.[Na+].[Na+]. The second kappa shape index (κ2) is 9.19. The van der Waals surface area contributed by atoms with Crippen LogP contribution in [-0.4, -0.2) is 28.3 Å². The van der Waals surface area contributed by atoms with Crippen molar-refractivity contribution in [3.63, 3.8) is 0 Å². The molecule has 1 rings (SSSR count). The van der Waals surface area contributed by atoms with Crippen LogP contribution in [0.4, 0.5) is 0 Å². The molecule has 0 atom stereocenters. The Morgan fingerprint density at radius 1 is 1.15 bits per heavy atom. The molecule has 1 aromatic carbocycles. The van der Waals surface area contributed by atoms with Gasteiger partial charge in [0.25, 0.3) is 0 Å². The third kappa shape index (κ3) is 7.21. The monoisotopic (exact) mass is 320 g/mol. The Labute approximate surface area is 157 Å². The second-order valence-electron chi connectivity index (χ2n) is 3.21. The molecule has 0 aromatic heterocycles. The fourth-order valence-corrected chi connectivity index (χ4v) is 1.70. The minimum absolute atomic E-state index is 0. The molecular formula is C9H7Na2O8P. The summed E-state index contributed by atoms with van der Waals surface area (Å²) in [5.41, 5.74) is -0.538. The summed E-state index contributed by atoms with van der Waals surface area (Å²) < 4.78 is 15.6. The van der Waals surface area contributed by atoms with Gasteiger partial charge >= 0.3 is 66.7 Å². The van der Waals surface area contributed by atoms with Crippen molar-refractivity contribution in [2.75, 3.05) is 6.61 Å². The van der Waals surface area contributed by atoms with Crippen molar-refractivity contribution in [1.29, 1.82) is 0 Å². The molecule has 0 fully saturated rings. The van der Waals surface area contributed by atoms with Crippen LogP contribution in [0.2, 0.25) is 0 Å². The van der Waals surface area contributed by atoms with Crippen LogP contribution in [0.25, 0.3) is 0 Å². The van der Waals surface area contributed by atoms with E-state index in [9.17, 15) is 24.4 Å². The van der Waals surface area contributed by atoms with E-state index in [4.69, 9.17) is 9.79 Å². The van der Waals surface area contributed by atoms with Crippen molar-refractivity contribution in [2.45, 2.75) is 0 Å². The molecular weight excluding hydrogens is 313 g/mol. The van der Waals surface area contributed by atoms with Crippen LogP contribution in [0, 0.1) is 0 Å². The summed E-state index contributed by atoms with van der Waals surface area (Å²) >= 11 is 0. The number of rotatable bonds is 5. The van der Waals surface area contributed by atoms with Gasteiger partial charge in [-0.15, -0.1) is 0 Å². The molecule has 0 bridgehead atoms. The van der Waals surface area contributed by atoms with Crippen LogP contribution in [0.3, 0.4) is 0 Å². The molecule has 0 saturated heterocycles. The van der Waals surface area contributed by atoms with Crippen LogP contribution in [0.5, 0.6) is 5.75 Å². The van der Waals surface area contributed by atoms with Gasteiger partial charge in [0.05, 0.1) is 17.2 Å². The number of aromatic carboxylic acids is 1. The van der Waals surface area contributed by atoms with Crippen LogP contribution < -0.4 is 79.4 Å². The summed E-state index contributed by atoms with van der Waals surface area (Å²) in [6.07, 6.45) is 0. The number of hydrogen-bond donors (Lipinski definition) is 2. The van der Waals surface area contributed by atoms with E-state index in [0.717, 1.165) is 18.2 Å². The van der Waals surface area contributed by atoms with Gasteiger partial charge in [-0.1, -0.05) is 0 Å². The quantitative estimate of drug-likeness (QED) is 0.401. The molecule has 1 aromatic rings. The van der Waals surface area contributed by atoms with E-state index >= 15 is 0 Å². The predicted molar refractivity (Wildman–Crippen MR) is 53.0 cm³/mol. The first-order valence-corrected chi connectivity index (χ1v) is 6.06.